The van der Waals surface area contributed by atoms with Crippen molar-refractivity contribution in [2.24, 2.45) is 11.5 Å². The van der Waals surface area contributed by atoms with Crippen LogP contribution < -0.4 is 26.8 Å². The van der Waals surface area contributed by atoms with E-state index in [-0.39, 0.29) is 23.6 Å². The summed E-state index contributed by atoms with van der Waals surface area (Å²) in [4.78, 5) is 26.7. The first kappa shape index (κ1) is 31.3. The molecule has 0 aromatic heterocycles. The van der Waals surface area contributed by atoms with Gasteiger partial charge in [-0.1, -0.05) is 6.92 Å². The summed E-state index contributed by atoms with van der Waals surface area (Å²) in [5.41, 5.74) is 9.05. The molecule has 0 amide bonds. The summed E-state index contributed by atoms with van der Waals surface area (Å²) in [5.74, 6) is -3.25. The van der Waals surface area contributed by atoms with Crippen LogP contribution in [-0.2, 0) is 31.5 Å². The van der Waals surface area contributed by atoms with Crippen LogP contribution in [0.2, 0.25) is 0 Å². The molecule has 5 N–H and O–H groups in total. The number of hydrogen-bond acceptors (Lipinski definition) is 9. The summed E-state index contributed by atoms with van der Waals surface area (Å²) >= 11 is 0. The van der Waals surface area contributed by atoms with Crippen molar-refractivity contribution >= 4 is 17.9 Å². The predicted molar refractivity (Wildman–Crippen MR) is 60.5 cm³/mol. The predicted octanol–water partition coefficient (Wildman–Crippen LogP) is -4.73. The van der Waals surface area contributed by atoms with Crippen molar-refractivity contribution in [3.63, 3.8) is 0 Å². The van der Waals surface area contributed by atoms with Crippen LogP contribution in [0.3, 0.4) is 0 Å². The molecule has 0 spiro atoms. The minimum Gasteiger partial charge on any atom is -0.550 e. The number of carboxylic acid groups (broad SMARTS) is 3. The Kier molecular flexibility index (Phi) is 31.5. The van der Waals surface area contributed by atoms with E-state index < -0.39 is 23.6 Å². The number of nitrogens with two attached hydrogens (primary N) is 2. The standard InChI is InChI=1S/C4H12N2O.3C2H4O2.Fe/c1-2-4(6,7)3-5;3*1-2(3)4;/h7H,2-3,5-6H2,1H3;3*1H3,(H,3,4);/q;;;;+3/p-3. The third-order valence-corrected chi connectivity index (χ3v) is 0.966. The summed E-state index contributed by atoms with van der Waals surface area (Å²) in [5, 5.41) is 35.5. The minimum atomic E-state index is -1.14. The molecule has 0 saturated carbocycles. The van der Waals surface area contributed by atoms with Gasteiger partial charge in [-0.3, -0.25) is 0 Å². The molecule has 0 bridgehead atoms. The molecule has 0 aromatic carbocycles. The van der Waals surface area contributed by atoms with Crippen molar-refractivity contribution in [2.75, 3.05) is 6.54 Å². The van der Waals surface area contributed by atoms with Gasteiger partial charge in [-0.15, -0.1) is 0 Å². The van der Waals surface area contributed by atoms with E-state index in [1.165, 1.54) is 0 Å². The Morgan fingerprint density at radius 2 is 1.15 bits per heavy atom. The smallest absolute Gasteiger partial charge is 0.550 e. The number of carbonyl (C=O) groups is 3. The second-order valence-corrected chi connectivity index (χ2v) is 3.14. The van der Waals surface area contributed by atoms with Gasteiger partial charge >= 0.3 is 17.1 Å². The topological polar surface area (TPSA) is 193 Å². The average Bonchev–Trinajstić information content (AvgIpc) is 2.15. The maximum absolute atomic E-state index is 8.89. The zero-order chi connectivity index (χ0) is 16.6. The summed E-state index contributed by atoms with van der Waals surface area (Å²) in [6.45, 7) is 4.83. The fraction of sp³-hybridized carbons (Fsp3) is 0.700. The van der Waals surface area contributed by atoms with Gasteiger partial charge in [0.15, 0.2) is 0 Å². The first-order valence-corrected chi connectivity index (χ1v) is 5.06. The van der Waals surface area contributed by atoms with Crippen molar-refractivity contribution in [3.05, 3.63) is 0 Å². The van der Waals surface area contributed by atoms with Gasteiger partial charge in [0.2, 0.25) is 0 Å². The van der Waals surface area contributed by atoms with Crippen molar-refractivity contribution in [1.29, 1.82) is 0 Å². The summed E-state index contributed by atoms with van der Waals surface area (Å²) in [6.07, 6.45) is 0.503. The molecule has 0 aliphatic rings. The van der Waals surface area contributed by atoms with Gasteiger partial charge in [-0.25, -0.2) is 0 Å². The maximum atomic E-state index is 8.89. The van der Waals surface area contributed by atoms with Crippen LogP contribution in [0.4, 0.5) is 0 Å². The molecule has 0 fully saturated rings. The van der Waals surface area contributed by atoms with E-state index in [4.69, 9.17) is 46.3 Å². The molecule has 10 heteroatoms. The molecule has 1 unspecified atom stereocenters. The molecule has 1 radical (unpaired) electrons. The number of carboxylic acids is 3. The summed E-state index contributed by atoms with van der Waals surface area (Å²) < 4.78 is 0. The van der Waals surface area contributed by atoms with Crippen LogP contribution in [0.15, 0.2) is 0 Å². The van der Waals surface area contributed by atoms with E-state index in [0.717, 1.165) is 20.8 Å². The molecular weight excluding hydrogens is 316 g/mol. The molecule has 0 rings (SSSR count). The Morgan fingerprint density at radius 3 is 1.15 bits per heavy atom. The average molecular weight is 337 g/mol. The second kappa shape index (κ2) is 20.1. The van der Waals surface area contributed by atoms with E-state index in [9.17, 15) is 0 Å². The molecule has 0 heterocycles. The molecule has 1 atom stereocenters. The zero-order valence-corrected chi connectivity index (χ0v) is 12.9. The van der Waals surface area contributed by atoms with Gasteiger partial charge < -0.3 is 46.3 Å². The molecule has 9 nitrogen and oxygen atoms in total. The van der Waals surface area contributed by atoms with Gasteiger partial charge in [0.25, 0.3) is 0 Å². The number of aliphatic carboxylic acids is 3. The van der Waals surface area contributed by atoms with Crippen LogP contribution in [-0.4, -0.2) is 35.3 Å². The van der Waals surface area contributed by atoms with Crippen LogP contribution in [0, 0.1) is 0 Å². The second-order valence-electron chi connectivity index (χ2n) is 3.14. The Bertz CT molecular complexity index is 213. The van der Waals surface area contributed by atoms with E-state index in [1.807, 2.05) is 0 Å². The van der Waals surface area contributed by atoms with Crippen molar-refractivity contribution in [1.82, 2.24) is 0 Å². The van der Waals surface area contributed by atoms with Crippen molar-refractivity contribution in [3.8, 4) is 0 Å². The molecule has 0 aromatic rings. The van der Waals surface area contributed by atoms with Crippen LogP contribution in [0.5, 0.6) is 0 Å². The van der Waals surface area contributed by atoms with Gasteiger partial charge in [0.1, 0.15) is 5.72 Å². The van der Waals surface area contributed by atoms with Gasteiger partial charge in [-0.05, 0) is 27.2 Å². The molecule has 0 aliphatic heterocycles. The molecule has 0 aliphatic carbocycles. The van der Waals surface area contributed by atoms with Gasteiger partial charge in [-0.2, -0.15) is 0 Å². The first-order chi connectivity index (χ1) is 8.32. The quantitative estimate of drug-likeness (QED) is 0.328. The number of aliphatic hydroxyl groups is 1. The Hall–Kier alpha value is -1.19. The van der Waals surface area contributed by atoms with E-state index >= 15 is 0 Å². The minimum absolute atomic E-state index is 0. The fourth-order valence-electron chi connectivity index (χ4n) is 0.144. The zero-order valence-electron chi connectivity index (χ0n) is 11.8. The maximum Gasteiger partial charge on any atom is 3.00 e. The molecule has 0 saturated heterocycles. The molecule has 20 heavy (non-hydrogen) atoms. The Labute approximate surface area is 128 Å². The van der Waals surface area contributed by atoms with Crippen LogP contribution in [0.25, 0.3) is 0 Å². The van der Waals surface area contributed by atoms with Crippen LogP contribution >= 0.6 is 0 Å². The van der Waals surface area contributed by atoms with Crippen LogP contribution in [0.1, 0.15) is 34.1 Å². The Morgan fingerprint density at radius 1 is 1.00 bits per heavy atom. The third kappa shape index (κ3) is 182. The largest absolute Gasteiger partial charge is 3.00 e. The molecule has 121 valence electrons. The Balaban J connectivity index is -0.0000000512. The number of hydrogen-bond donors (Lipinski definition) is 3. The first-order valence-electron chi connectivity index (χ1n) is 5.06. The van der Waals surface area contributed by atoms with E-state index in [1.54, 1.807) is 6.92 Å². The fourth-order valence-corrected chi connectivity index (χ4v) is 0.144. The SMILES string of the molecule is CC(=O)[O-].CC(=O)[O-].CC(=O)[O-].CCC(N)(O)CN.[Fe+3]. The summed E-state index contributed by atoms with van der Waals surface area (Å²) in [7, 11) is 0. The number of carbonyl (C=O) groups excluding carboxylic acids is 3. The number of rotatable bonds is 2. The van der Waals surface area contributed by atoms with Crippen molar-refractivity contribution in [2.45, 2.75) is 39.8 Å². The van der Waals surface area contributed by atoms with Gasteiger partial charge in [0.05, 0.1) is 0 Å². The monoisotopic (exact) mass is 337 g/mol. The van der Waals surface area contributed by atoms with E-state index in [2.05, 4.69) is 0 Å². The third-order valence-electron chi connectivity index (χ3n) is 0.966. The van der Waals surface area contributed by atoms with Crippen molar-refractivity contribution < 1.29 is 51.9 Å². The molecular formula is C10H21FeN2O7. The van der Waals surface area contributed by atoms with E-state index in [0.29, 0.717) is 6.42 Å². The summed E-state index contributed by atoms with van der Waals surface area (Å²) in [6, 6.07) is 0. The van der Waals surface area contributed by atoms with Gasteiger partial charge in [0, 0.05) is 24.5 Å². The normalized spacial score (nSPS) is 10.3.